The van der Waals surface area contributed by atoms with E-state index in [-0.39, 0.29) is 17.9 Å². The number of anilines is 1. The van der Waals surface area contributed by atoms with E-state index >= 15 is 0 Å². The van der Waals surface area contributed by atoms with Gasteiger partial charge in [0, 0.05) is 46.9 Å². The lowest BCUT2D eigenvalue weighted by molar-refractivity contribution is -0.123. The lowest BCUT2D eigenvalue weighted by Gasteiger charge is -2.33. The number of amides is 1. The van der Waals surface area contributed by atoms with Crippen LogP contribution < -0.4 is 10.2 Å². The molecule has 0 unspecified atom stereocenters. The SMILES string of the molecule is Cc1ccc([C@@H]2C[C@H]2C(=O)N[C@H]2CCCN(c3cccnn3)C2)s1. The summed E-state index contributed by atoms with van der Waals surface area (Å²) < 4.78 is 0. The summed E-state index contributed by atoms with van der Waals surface area (Å²) in [5.74, 6) is 1.71. The Labute approximate surface area is 146 Å². The number of aromatic nitrogens is 2. The molecule has 1 aliphatic heterocycles. The number of piperidine rings is 1. The van der Waals surface area contributed by atoms with Gasteiger partial charge in [-0.3, -0.25) is 4.79 Å². The van der Waals surface area contributed by atoms with Gasteiger partial charge in [0.2, 0.25) is 5.91 Å². The highest BCUT2D eigenvalue weighted by atomic mass is 32.1. The Balaban J connectivity index is 1.33. The van der Waals surface area contributed by atoms with Crippen molar-refractivity contribution in [3.63, 3.8) is 0 Å². The zero-order valence-electron chi connectivity index (χ0n) is 13.8. The number of rotatable bonds is 4. The molecule has 1 saturated carbocycles. The average molecular weight is 342 g/mol. The number of carbonyl (C=O) groups is 1. The van der Waals surface area contributed by atoms with Crippen LogP contribution in [0.5, 0.6) is 0 Å². The minimum Gasteiger partial charge on any atom is -0.353 e. The first-order valence-electron chi connectivity index (χ1n) is 8.60. The van der Waals surface area contributed by atoms with Crippen molar-refractivity contribution in [2.45, 2.75) is 38.1 Å². The molecule has 2 aromatic heterocycles. The predicted octanol–water partition coefficient (Wildman–Crippen LogP) is 2.74. The smallest absolute Gasteiger partial charge is 0.224 e. The summed E-state index contributed by atoms with van der Waals surface area (Å²) >= 11 is 1.82. The van der Waals surface area contributed by atoms with Crippen molar-refractivity contribution in [3.05, 3.63) is 40.2 Å². The normalized spacial score (nSPS) is 26.2. The topological polar surface area (TPSA) is 58.1 Å². The maximum Gasteiger partial charge on any atom is 0.224 e. The molecule has 126 valence electrons. The fourth-order valence-electron chi connectivity index (χ4n) is 3.53. The number of hydrogen-bond acceptors (Lipinski definition) is 5. The van der Waals surface area contributed by atoms with Crippen LogP contribution in [0.15, 0.2) is 30.5 Å². The predicted molar refractivity (Wildman–Crippen MR) is 95.3 cm³/mol. The molecule has 0 spiro atoms. The zero-order valence-corrected chi connectivity index (χ0v) is 14.6. The van der Waals surface area contributed by atoms with Crippen LogP contribution in [0.25, 0.3) is 0 Å². The first-order chi connectivity index (χ1) is 11.7. The molecule has 0 radical (unpaired) electrons. The fourth-order valence-corrected chi connectivity index (χ4v) is 4.58. The van der Waals surface area contributed by atoms with Crippen LogP contribution in [0.4, 0.5) is 5.82 Å². The van der Waals surface area contributed by atoms with Crippen molar-refractivity contribution in [2.75, 3.05) is 18.0 Å². The van der Waals surface area contributed by atoms with Gasteiger partial charge in [-0.1, -0.05) is 0 Å². The molecular formula is C18H22N4OS. The summed E-state index contributed by atoms with van der Waals surface area (Å²) in [5, 5.41) is 11.4. The monoisotopic (exact) mass is 342 g/mol. The lowest BCUT2D eigenvalue weighted by atomic mass is 10.1. The van der Waals surface area contributed by atoms with Gasteiger partial charge in [-0.15, -0.1) is 16.4 Å². The highest BCUT2D eigenvalue weighted by Gasteiger charge is 2.45. The Morgan fingerprint density at radius 2 is 2.29 bits per heavy atom. The van der Waals surface area contributed by atoms with E-state index in [2.05, 4.69) is 39.5 Å². The van der Waals surface area contributed by atoms with Crippen molar-refractivity contribution in [1.82, 2.24) is 15.5 Å². The van der Waals surface area contributed by atoms with E-state index in [1.165, 1.54) is 9.75 Å². The van der Waals surface area contributed by atoms with Gasteiger partial charge in [-0.05, 0) is 50.5 Å². The van der Waals surface area contributed by atoms with E-state index in [1.54, 1.807) is 6.20 Å². The van der Waals surface area contributed by atoms with Crippen LogP contribution in [-0.2, 0) is 4.79 Å². The second-order valence-corrected chi connectivity index (χ2v) is 8.09. The van der Waals surface area contributed by atoms with Gasteiger partial charge < -0.3 is 10.2 Å². The Hall–Kier alpha value is -1.95. The van der Waals surface area contributed by atoms with Gasteiger partial charge in [0.1, 0.15) is 0 Å². The van der Waals surface area contributed by atoms with Crippen LogP contribution in [0.1, 0.15) is 34.9 Å². The third-order valence-electron chi connectivity index (χ3n) is 4.90. The molecule has 3 atom stereocenters. The molecule has 0 aromatic carbocycles. The lowest BCUT2D eigenvalue weighted by Crippen LogP contribution is -2.48. The molecular weight excluding hydrogens is 320 g/mol. The van der Waals surface area contributed by atoms with Crippen LogP contribution in [0.2, 0.25) is 0 Å². The minimum atomic E-state index is 0.162. The second kappa shape index (κ2) is 6.51. The number of hydrogen-bond donors (Lipinski definition) is 1. The molecule has 5 nitrogen and oxygen atoms in total. The molecule has 0 bridgehead atoms. The molecule has 3 heterocycles. The number of nitrogens with zero attached hydrogens (tertiary/aromatic N) is 3. The second-order valence-electron chi connectivity index (χ2n) is 6.77. The van der Waals surface area contributed by atoms with Gasteiger partial charge in [0.15, 0.2) is 5.82 Å². The van der Waals surface area contributed by atoms with Crippen molar-refractivity contribution >= 4 is 23.1 Å². The van der Waals surface area contributed by atoms with Crippen LogP contribution in [0, 0.1) is 12.8 Å². The van der Waals surface area contributed by atoms with E-state index < -0.39 is 0 Å². The average Bonchev–Trinajstić information content (AvgIpc) is 3.30. The summed E-state index contributed by atoms with van der Waals surface area (Å²) in [6.07, 6.45) is 4.79. The Morgan fingerprint density at radius 3 is 3.04 bits per heavy atom. The fraction of sp³-hybridized carbons (Fsp3) is 0.500. The van der Waals surface area contributed by atoms with Gasteiger partial charge in [-0.25, -0.2) is 0 Å². The summed E-state index contributed by atoms with van der Waals surface area (Å²) in [6, 6.07) is 8.41. The van der Waals surface area contributed by atoms with E-state index in [4.69, 9.17) is 0 Å². The maximum absolute atomic E-state index is 12.6. The van der Waals surface area contributed by atoms with Gasteiger partial charge in [-0.2, -0.15) is 5.10 Å². The molecule has 2 fully saturated rings. The molecule has 1 saturated heterocycles. The van der Waals surface area contributed by atoms with Crippen molar-refractivity contribution in [1.29, 1.82) is 0 Å². The van der Waals surface area contributed by atoms with E-state index in [0.717, 1.165) is 38.2 Å². The van der Waals surface area contributed by atoms with Gasteiger partial charge in [0.05, 0.1) is 0 Å². The number of aryl methyl sites for hydroxylation is 1. The zero-order chi connectivity index (χ0) is 16.5. The Morgan fingerprint density at radius 1 is 1.38 bits per heavy atom. The summed E-state index contributed by atoms with van der Waals surface area (Å²) in [5.41, 5.74) is 0. The maximum atomic E-state index is 12.6. The highest BCUT2D eigenvalue weighted by molar-refractivity contribution is 7.12. The largest absolute Gasteiger partial charge is 0.353 e. The van der Waals surface area contributed by atoms with Gasteiger partial charge >= 0.3 is 0 Å². The van der Waals surface area contributed by atoms with Crippen molar-refractivity contribution < 1.29 is 4.79 Å². The summed E-state index contributed by atoms with van der Waals surface area (Å²) in [7, 11) is 0. The molecule has 2 aromatic rings. The standard InChI is InChI=1S/C18H22N4OS/c1-12-6-7-16(24-12)14-10-15(14)18(23)20-13-4-3-9-22(11-13)17-5-2-8-19-21-17/h2,5-8,13-15H,3-4,9-11H2,1H3,(H,20,23)/t13-,14+,15+/m0/s1. The molecule has 1 aliphatic carbocycles. The number of carbonyl (C=O) groups excluding carboxylic acids is 1. The quantitative estimate of drug-likeness (QED) is 0.928. The Kier molecular flexibility index (Phi) is 4.22. The van der Waals surface area contributed by atoms with Gasteiger partial charge in [0.25, 0.3) is 0 Å². The minimum absolute atomic E-state index is 0.162. The van der Waals surface area contributed by atoms with Crippen LogP contribution in [-0.4, -0.2) is 35.2 Å². The summed E-state index contributed by atoms with van der Waals surface area (Å²) in [4.78, 5) is 17.5. The van der Waals surface area contributed by atoms with E-state index in [9.17, 15) is 4.79 Å². The molecule has 6 heteroatoms. The van der Waals surface area contributed by atoms with Crippen molar-refractivity contribution in [2.24, 2.45) is 5.92 Å². The van der Waals surface area contributed by atoms with Crippen molar-refractivity contribution in [3.8, 4) is 0 Å². The molecule has 2 aliphatic rings. The van der Waals surface area contributed by atoms with E-state index in [1.807, 2.05) is 23.5 Å². The number of thiophene rings is 1. The number of nitrogens with one attached hydrogen (secondary N) is 1. The van der Waals surface area contributed by atoms with E-state index in [0.29, 0.717) is 5.92 Å². The van der Waals surface area contributed by atoms with Crippen LogP contribution >= 0.6 is 11.3 Å². The van der Waals surface area contributed by atoms with Crippen LogP contribution in [0.3, 0.4) is 0 Å². The summed E-state index contributed by atoms with van der Waals surface area (Å²) in [6.45, 7) is 3.92. The Bertz CT molecular complexity index is 717. The molecule has 1 amide bonds. The third-order valence-corrected chi connectivity index (χ3v) is 6.04. The molecule has 4 rings (SSSR count). The third kappa shape index (κ3) is 3.29. The first kappa shape index (κ1) is 15.6. The first-order valence-corrected chi connectivity index (χ1v) is 9.42. The molecule has 1 N–H and O–H groups in total. The highest BCUT2D eigenvalue weighted by Crippen LogP contribution is 2.49. The molecule has 24 heavy (non-hydrogen) atoms.